The number of carbonyl (C=O) groups is 2. The van der Waals surface area contributed by atoms with Gasteiger partial charge in [-0.1, -0.05) is 34.1 Å². The van der Waals surface area contributed by atoms with Gasteiger partial charge < -0.3 is 15.7 Å². The Bertz CT molecular complexity index is 397. The predicted octanol–water partition coefficient (Wildman–Crippen LogP) is 2.38. The molecule has 0 aromatic heterocycles. The minimum absolute atomic E-state index is 0.160. The summed E-state index contributed by atoms with van der Waals surface area (Å²) in [6.45, 7) is 6.33. The number of amides is 2. The summed E-state index contributed by atoms with van der Waals surface area (Å²) >= 11 is 0. The lowest BCUT2D eigenvalue weighted by molar-refractivity contribution is -0.164. The summed E-state index contributed by atoms with van der Waals surface area (Å²) in [4.78, 5) is 23.4. The van der Waals surface area contributed by atoms with E-state index in [4.69, 9.17) is 5.11 Å². The molecule has 0 aromatic carbocycles. The first-order valence-corrected chi connectivity index (χ1v) is 8.31. The molecule has 0 fully saturated rings. The second kappa shape index (κ2) is 10.5. The van der Waals surface area contributed by atoms with E-state index in [1.807, 2.05) is 12.2 Å². The highest BCUT2D eigenvalue weighted by molar-refractivity contribution is 5.78. The number of nitrogens with one attached hydrogen (secondary N) is 2. The fourth-order valence-electron chi connectivity index (χ4n) is 2.04. The van der Waals surface area contributed by atoms with Gasteiger partial charge in [0.15, 0.2) is 0 Å². The van der Waals surface area contributed by atoms with Crippen LogP contribution < -0.4 is 10.6 Å². The Balaban J connectivity index is 4.45. The zero-order chi connectivity index (χ0) is 18.9. The smallest absolute Gasteiger partial charge is 0.394 e. The summed E-state index contributed by atoms with van der Waals surface area (Å²) in [5.74, 6) is -1.91. The average Bonchev–Trinajstić information content (AvgIpc) is 2.49. The molecule has 3 N–H and O–H groups in total. The van der Waals surface area contributed by atoms with Crippen molar-refractivity contribution in [2.45, 2.75) is 71.6 Å². The van der Waals surface area contributed by atoms with Gasteiger partial charge in [-0.25, -0.2) is 0 Å². The van der Waals surface area contributed by atoms with Gasteiger partial charge in [0.25, 0.3) is 0 Å². The highest BCUT2D eigenvalue weighted by Crippen LogP contribution is 2.25. The van der Waals surface area contributed by atoms with Crippen LogP contribution in [0.3, 0.4) is 0 Å². The number of aliphatic hydroxyl groups excluding tert-OH is 1. The molecule has 24 heavy (non-hydrogen) atoms. The Hall–Kier alpha value is -1.31. The first-order chi connectivity index (χ1) is 11.0. The van der Waals surface area contributed by atoms with Crippen LogP contribution in [0.5, 0.6) is 0 Å². The van der Waals surface area contributed by atoms with Crippen molar-refractivity contribution in [1.29, 1.82) is 0 Å². The molecule has 0 rings (SSSR count). The summed E-state index contributed by atoms with van der Waals surface area (Å²) in [5.41, 5.74) is 0. The van der Waals surface area contributed by atoms with Crippen LogP contribution in [-0.4, -0.2) is 41.8 Å². The molecule has 3 atom stereocenters. The summed E-state index contributed by atoms with van der Waals surface area (Å²) in [5, 5.41) is 13.7. The Morgan fingerprint density at radius 1 is 1.04 bits per heavy atom. The van der Waals surface area contributed by atoms with Crippen molar-refractivity contribution >= 4 is 11.8 Å². The Kier molecular flexibility index (Phi) is 9.96. The number of aliphatic hydroxyl groups is 1. The Morgan fingerprint density at radius 2 is 1.62 bits per heavy atom. The van der Waals surface area contributed by atoms with E-state index in [2.05, 4.69) is 5.32 Å². The standard InChI is InChI=1S/C16H29F3N2O3/c1-5-12(9-22)20-15(24)11(4)7-6-8-13(16(17,18)19)21-14(23)10(2)3/h10-13,22H,5-9H2,1-4H3,(H,20,24)(H,21,23)/t11?,12-,13+/m1/s1. The molecule has 0 aliphatic carbocycles. The lowest BCUT2D eigenvalue weighted by Crippen LogP contribution is -2.46. The molecule has 2 amide bonds. The maximum atomic E-state index is 13.0. The van der Waals surface area contributed by atoms with Crippen molar-refractivity contribution in [3.63, 3.8) is 0 Å². The number of carbonyl (C=O) groups excluding carboxylic acids is 2. The number of hydrogen-bond donors (Lipinski definition) is 3. The zero-order valence-corrected chi connectivity index (χ0v) is 14.7. The van der Waals surface area contributed by atoms with Gasteiger partial charge in [0.05, 0.1) is 12.6 Å². The van der Waals surface area contributed by atoms with Crippen LogP contribution >= 0.6 is 0 Å². The van der Waals surface area contributed by atoms with E-state index in [9.17, 15) is 22.8 Å². The van der Waals surface area contributed by atoms with Crippen LogP contribution in [0.4, 0.5) is 13.2 Å². The SMILES string of the molecule is CC[C@H](CO)NC(=O)C(C)CCC[C@H](NC(=O)C(C)C)C(F)(F)F. The summed E-state index contributed by atoms with van der Waals surface area (Å²) < 4.78 is 38.9. The topological polar surface area (TPSA) is 78.4 Å². The number of halogens is 3. The normalized spacial score (nSPS) is 15.7. The van der Waals surface area contributed by atoms with E-state index in [-0.39, 0.29) is 37.8 Å². The third kappa shape index (κ3) is 8.52. The Labute approximate surface area is 141 Å². The lowest BCUT2D eigenvalue weighted by Gasteiger charge is -2.23. The average molecular weight is 354 g/mol. The minimum atomic E-state index is -4.51. The molecule has 142 valence electrons. The summed E-state index contributed by atoms with van der Waals surface area (Å²) in [6.07, 6.45) is -3.77. The van der Waals surface area contributed by atoms with Gasteiger partial charge in [-0.2, -0.15) is 13.2 Å². The van der Waals surface area contributed by atoms with Gasteiger partial charge >= 0.3 is 6.18 Å². The van der Waals surface area contributed by atoms with Gasteiger partial charge in [-0.05, 0) is 19.3 Å². The summed E-state index contributed by atoms with van der Waals surface area (Å²) in [6, 6.07) is -2.24. The van der Waals surface area contributed by atoms with Gasteiger partial charge in [0.2, 0.25) is 11.8 Å². The van der Waals surface area contributed by atoms with E-state index < -0.39 is 30.0 Å². The van der Waals surface area contributed by atoms with Crippen molar-refractivity contribution in [2.75, 3.05) is 6.61 Å². The molecule has 8 heteroatoms. The van der Waals surface area contributed by atoms with Crippen LogP contribution in [0.25, 0.3) is 0 Å². The van der Waals surface area contributed by atoms with Crippen LogP contribution in [0.2, 0.25) is 0 Å². The van der Waals surface area contributed by atoms with Gasteiger partial charge in [-0.3, -0.25) is 9.59 Å². The molecule has 5 nitrogen and oxygen atoms in total. The molecule has 0 saturated heterocycles. The van der Waals surface area contributed by atoms with Crippen LogP contribution in [0, 0.1) is 11.8 Å². The van der Waals surface area contributed by atoms with Crippen molar-refractivity contribution < 1.29 is 27.9 Å². The van der Waals surface area contributed by atoms with Crippen LogP contribution in [0.15, 0.2) is 0 Å². The number of hydrogen-bond acceptors (Lipinski definition) is 3. The molecule has 0 saturated carbocycles. The van der Waals surface area contributed by atoms with Gasteiger partial charge in [-0.15, -0.1) is 0 Å². The van der Waals surface area contributed by atoms with Crippen LogP contribution in [-0.2, 0) is 9.59 Å². The van der Waals surface area contributed by atoms with E-state index in [1.165, 1.54) is 13.8 Å². The van der Waals surface area contributed by atoms with Crippen LogP contribution in [0.1, 0.15) is 53.4 Å². The van der Waals surface area contributed by atoms with Crippen molar-refractivity contribution in [3.8, 4) is 0 Å². The molecular formula is C16H29F3N2O3. The zero-order valence-electron chi connectivity index (χ0n) is 14.7. The second-order valence-corrected chi connectivity index (χ2v) is 6.39. The molecule has 1 unspecified atom stereocenters. The maximum absolute atomic E-state index is 13.0. The van der Waals surface area contributed by atoms with E-state index >= 15 is 0 Å². The first kappa shape index (κ1) is 22.7. The third-order valence-electron chi connectivity index (χ3n) is 3.87. The first-order valence-electron chi connectivity index (χ1n) is 8.31. The largest absolute Gasteiger partial charge is 0.408 e. The number of alkyl halides is 3. The molecule has 0 aliphatic rings. The van der Waals surface area contributed by atoms with Crippen molar-refractivity contribution in [2.24, 2.45) is 11.8 Å². The predicted molar refractivity (Wildman–Crippen MR) is 85.1 cm³/mol. The molecule has 0 radical (unpaired) electrons. The fourth-order valence-corrected chi connectivity index (χ4v) is 2.04. The quantitative estimate of drug-likeness (QED) is 0.564. The van der Waals surface area contributed by atoms with E-state index in [1.54, 1.807) is 6.92 Å². The van der Waals surface area contributed by atoms with Crippen molar-refractivity contribution in [3.05, 3.63) is 0 Å². The van der Waals surface area contributed by atoms with Gasteiger partial charge in [0, 0.05) is 11.8 Å². The molecule has 0 aromatic rings. The maximum Gasteiger partial charge on any atom is 0.408 e. The second-order valence-electron chi connectivity index (χ2n) is 6.39. The van der Waals surface area contributed by atoms with Gasteiger partial charge in [0.1, 0.15) is 6.04 Å². The highest BCUT2D eigenvalue weighted by Gasteiger charge is 2.40. The Morgan fingerprint density at radius 3 is 2.04 bits per heavy atom. The molecule has 0 bridgehead atoms. The van der Waals surface area contributed by atoms with E-state index in [0.717, 1.165) is 0 Å². The van der Waals surface area contributed by atoms with Crippen molar-refractivity contribution in [1.82, 2.24) is 10.6 Å². The third-order valence-corrected chi connectivity index (χ3v) is 3.87. The van der Waals surface area contributed by atoms with E-state index in [0.29, 0.717) is 6.42 Å². The molecule has 0 spiro atoms. The molecule has 0 aliphatic heterocycles. The molecule has 0 heterocycles. The summed E-state index contributed by atoms with van der Waals surface area (Å²) in [7, 11) is 0. The monoisotopic (exact) mass is 354 g/mol. The minimum Gasteiger partial charge on any atom is -0.394 e. The highest BCUT2D eigenvalue weighted by atomic mass is 19.4. The number of rotatable bonds is 10. The fraction of sp³-hybridized carbons (Fsp3) is 0.875. The molecular weight excluding hydrogens is 325 g/mol. The lowest BCUT2D eigenvalue weighted by atomic mass is 9.99.